The number of fused-ring (bicyclic) bond motifs is 3. The lowest BCUT2D eigenvalue weighted by atomic mass is 9.61. The fourth-order valence-electron chi connectivity index (χ4n) is 6.38. The van der Waals surface area contributed by atoms with E-state index in [-0.39, 0.29) is 11.8 Å². The predicted octanol–water partition coefficient (Wildman–Crippen LogP) is 4.63. The van der Waals surface area contributed by atoms with E-state index in [2.05, 4.69) is 17.3 Å². The number of amidine groups is 1. The maximum absolute atomic E-state index is 10.9. The van der Waals surface area contributed by atoms with Crippen molar-refractivity contribution in [3.8, 4) is 5.75 Å². The molecule has 2 fully saturated rings. The predicted molar refractivity (Wildman–Crippen MR) is 136 cm³/mol. The van der Waals surface area contributed by atoms with Crippen LogP contribution in [0.3, 0.4) is 0 Å². The second-order valence-electron chi connectivity index (χ2n) is 10.6. The Kier molecular flexibility index (Phi) is 5.76. The molecule has 2 aliphatic carbocycles. The van der Waals surface area contributed by atoms with Crippen molar-refractivity contribution in [3.63, 3.8) is 0 Å². The number of hydrogen-bond donors (Lipinski definition) is 4. The lowest BCUT2D eigenvalue weighted by molar-refractivity contribution is -0.0501. The van der Waals surface area contributed by atoms with Gasteiger partial charge in [-0.2, -0.15) is 5.10 Å². The summed E-state index contributed by atoms with van der Waals surface area (Å²) in [6.45, 7) is 6.33. The van der Waals surface area contributed by atoms with E-state index in [0.717, 1.165) is 60.1 Å². The average Bonchev–Trinajstić information content (AvgIpc) is 3.25. The molecule has 0 aliphatic heterocycles. The molecule has 34 heavy (non-hydrogen) atoms. The maximum Gasteiger partial charge on any atom is 0.135 e. The zero-order valence-corrected chi connectivity index (χ0v) is 20.2. The summed E-state index contributed by atoms with van der Waals surface area (Å²) in [7, 11) is 0. The molecule has 5 unspecified atom stereocenters. The lowest BCUT2D eigenvalue weighted by Crippen LogP contribution is -2.50. The van der Waals surface area contributed by atoms with Crippen LogP contribution >= 0.6 is 0 Å². The van der Waals surface area contributed by atoms with Crippen LogP contribution in [-0.4, -0.2) is 37.3 Å². The lowest BCUT2D eigenvalue weighted by Gasteiger charge is -2.49. The molecule has 0 radical (unpaired) electrons. The molecule has 0 saturated heterocycles. The first-order valence-corrected chi connectivity index (χ1v) is 12.4. The number of anilines is 1. The number of nitrogens with zero attached hydrogens (tertiary/aromatic N) is 3. The summed E-state index contributed by atoms with van der Waals surface area (Å²) >= 11 is 0. The Morgan fingerprint density at radius 1 is 1.29 bits per heavy atom. The summed E-state index contributed by atoms with van der Waals surface area (Å²) in [4.78, 5) is 4.74. The summed E-state index contributed by atoms with van der Waals surface area (Å²) in [5.41, 5.74) is 10.3. The van der Waals surface area contributed by atoms with Crippen LogP contribution in [-0.2, 0) is 6.42 Å². The monoisotopic (exact) mass is 461 g/mol. The third-order valence-electron chi connectivity index (χ3n) is 7.73. The van der Waals surface area contributed by atoms with Gasteiger partial charge in [0, 0.05) is 12.2 Å². The standard InChI is InChI=1S/C27H35N5O2/c1-4-18-12-20(33)7-8-22(18)30-26(28)21-15-29-32-9-5-6-23(32)25(21)31-24-16(2)10-17-11-19(24)14-27(3,34)13-17/h5-9,12,15-17,19,24,31,33-34H,4,10-11,13-14H2,1-3H3,(H2,28,30). The highest BCUT2D eigenvalue weighted by Crippen LogP contribution is 2.47. The molecule has 1 aromatic carbocycles. The van der Waals surface area contributed by atoms with Crippen molar-refractivity contribution in [1.82, 2.24) is 9.61 Å². The van der Waals surface area contributed by atoms with Crippen LogP contribution in [0.15, 0.2) is 47.7 Å². The van der Waals surface area contributed by atoms with Crippen molar-refractivity contribution in [1.29, 1.82) is 0 Å². The molecule has 2 aliphatic rings. The van der Waals surface area contributed by atoms with Gasteiger partial charge >= 0.3 is 0 Å². The Hall–Kier alpha value is -3.06. The number of phenolic OH excluding ortho intramolecular Hbond substituents is 1. The van der Waals surface area contributed by atoms with Crippen molar-refractivity contribution < 1.29 is 10.2 Å². The first-order chi connectivity index (χ1) is 16.2. The molecule has 2 aromatic heterocycles. The van der Waals surface area contributed by atoms with Crippen molar-refractivity contribution in [2.24, 2.45) is 28.5 Å². The SMILES string of the molecule is CCc1cc(O)ccc1N=C(N)c1cnn2cccc2c1NC1C(C)CC2CC1CC(C)(O)C2. The van der Waals surface area contributed by atoms with Crippen LogP contribution in [0.4, 0.5) is 11.4 Å². The van der Waals surface area contributed by atoms with E-state index in [1.807, 2.05) is 36.7 Å². The summed E-state index contributed by atoms with van der Waals surface area (Å²) in [6.07, 6.45) is 8.40. The summed E-state index contributed by atoms with van der Waals surface area (Å²) < 4.78 is 1.85. The van der Waals surface area contributed by atoms with Crippen molar-refractivity contribution in [2.45, 2.75) is 64.5 Å². The number of aromatic nitrogens is 2. The highest BCUT2D eigenvalue weighted by molar-refractivity contribution is 6.06. The number of aliphatic hydroxyl groups is 1. The number of rotatable bonds is 5. The van der Waals surface area contributed by atoms with Gasteiger partial charge in [-0.15, -0.1) is 0 Å². The molecule has 5 atom stereocenters. The first-order valence-electron chi connectivity index (χ1n) is 12.4. The molecule has 2 bridgehead atoms. The van der Waals surface area contributed by atoms with Crippen molar-refractivity contribution in [2.75, 3.05) is 5.32 Å². The Bertz CT molecular complexity index is 1230. The molecular formula is C27H35N5O2. The van der Waals surface area contributed by atoms with E-state index < -0.39 is 5.60 Å². The summed E-state index contributed by atoms with van der Waals surface area (Å²) in [5.74, 6) is 2.07. The third kappa shape index (κ3) is 4.25. The number of aliphatic imine (C=N–C) groups is 1. The average molecular weight is 462 g/mol. The molecular weight excluding hydrogens is 426 g/mol. The van der Waals surface area contributed by atoms with E-state index in [1.165, 1.54) is 0 Å². The molecule has 0 amide bonds. The summed E-state index contributed by atoms with van der Waals surface area (Å²) in [5, 5.41) is 29.1. The molecule has 7 heteroatoms. The van der Waals surface area contributed by atoms with Gasteiger partial charge in [0.2, 0.25) is 0 Å². The molecule has 0 spiro atoms. The molecule has 2 heterocycles. The smallest absolute Gasteiger partial charge is 0.135 e. The number of hydrogen-bond acceptors (Lipinski definition) is 5. The molecule has 5 N–H and O–H groups in total. The Morgan fingerprint density at radius 3 is 2.91 bits per heavy atom. The van der Waals surface area contributed by atoms with Crippen LogP contribution < -0.4 is 11.1 Å². The van der Waals surface area contributed by atoms with E-state index >= 15 is 0 Å². The first kappa shape index (κ1) is 22.7. The number of aryl methyl sites for hydroxylation is 1. The quantitative estimate of drug-likeness (QED) is 0.327. The fourth-order valence-corrected chi connectivity index (χ4v) is 6.38. The minimum atomic E-state index is -0.602. The minimum absolute atomic E-state index is 0.223. The van der Waals surface area contributed by atoms with Crippen molar-refractivity contribution >= 4 is 22.7 Å². The minimum Gasteiger partial charge on any atom is -0.508 e. The second kappa shape index (κ2) is 8.62. The molecule has 3 aromatic rings. The Balaban J connectivity index is 1.55. The maximum atomic E-state index is 10.9. The van der Waals surface area contributed by atoms with E-state index in [1.54, 1.807) is 24.4 Å². The number of nitrogens with two attached hydrogens (primary N) is 1. The van der Waals surface area contributed by atoms with Gasteiger partial charge in [-0.1, -0.05) is 13.8 Å². The number of benzene rings is 1. The normalized spacial score (nSPS) is 29.4. The van der Waals surface area contributed by atoms with E-state index in [0.29, 0.717) is 23.6 Å². The van der Waals surface area contributed by atoms with Gasteiger partial charge in [0.15, 0.2) is 0 Å². The van der Waals surface area contributed by atoms with Gasteiger partial charge in [0.1, 0.15) is 11.6 Å². The Morgan fingerprint density at radius 2 is 2.12 bits per heavy atom. The topological polar surface area (TPSA) is 108 Å². The highest BCUT2D eigenvalue weighted by atomic mass is 16.3. The fraction of sp³-hybridized carbons (Fsp3) is 0.481. The van der Waals surface area contributed by atoms with Gasteiger partial charge in [0.25, 0.3) is 0 Å². The van der Waals surface area contributed by atoms with Gasteiger partial charge in [0.05, 0.1) is 34.3 Å². The molecule has 5 rings (SSSR count). The van der Waals surface area contributed by atoms with Gasteiger partial charge in [-0.05, 0) is 92.7 Å². The third-order valence-corrected chi connectivity index (χ3v) is 7.73. The Labute approximate surface area is 200 Å². The van der Waals surface area contributed by atoms with E-state index in [4.69, 9.17) is 10.7 Å². The highest BCUT2D eigenvalue weighted by Gasteiger charge is 2.45. The molecule has 2 saturated carbocycles. The van der Waals surface area contributed by atoms with E-state index in [9.17, 15) is 10.2 Å². The molecule has 7 nitrogen and oxygen atoms in total. The summed E-state index contributed by atoms with van der Waals surface area (Å²) in [6, 6.07) is 9.41. The van der Waals surface area contributed by atoms with Crippen LogP contribution in [0.25, 0.3) is 5.52 Å². The van der Waals surface area contributed by atoms with Crippen LogP contribution in [0.1, 0.15) is 57.6 Å². The number of aromatic hydroxyl groups is 1. The largest absolute Gasteiger partial charge is 0.508 e. The number of nitrogens with one attached hydrogen (secondary N) is 1. The van der Waals surface area contributed by atoms with Gasteiger partial charge in [-0.3, -0.25) is 0 Å². The zero-order valence-electron chi connectivity index (χ0n) is 20.2. The van der Waals surface area contributed by atoms with Gasteiger partial charge < -0.3 is 21.3 Å². The second-order valence-corrected chi connectivity index (χ2v) is 10.6. The van der Waals surface area contributed by atoms with Crippen molar-refractivity contribution in [3.05, 3.63) is 53.9 Å². The number of phenols is 1. The van der Waals surface area contributed by atoms with Crippen LogP contribution in [0.2, 0.25) is 0 Å². The van der Waals surface area contributed by atoms with Crippen LogP contribution in [0.5, 0.6) is 5.75 Å². The zero-order chi connectivity index (χ0) is 24.0. The van der Waals surface area contributed by atoms with Crippen LogP contribution in [0, 0.1) is 17.8 Å². The molecule has 180 valence electrons. The van der Waals surface area contributed by atoms with Gasteiger partial charge in [-0.25, -0.2) is 9.51 Å².